The van der Waals surface area contributed by atoms with Crippen LogP contribution in [0.2, 0.25) is 0 Å². The molecule has 0 spiro atoms. The lowest BCUT2D eigenvalue weighted by Gasteiger charge is -2.29. The van der Waals surface area contributed by atoms with Crippen molar-refractivity contribution in [3.8, 4) is 11.5 Å². The average molecular weight is 270 g/mol. The second-order valence-corrected chi connectivity index (χ2v) is 4.85. The molecule has 1 atom stereocenters. The van der Waals surface area contributed by atoms with Gasteiger partial charge in [0.25, 0.3) is 0 Å². The van der Waals surface area contributed by atoms with Crippen LogP contribution in [0.4, 0.5) is 0 Å². The van der Waals surface area contributed by atoms with E-state index in [4.69, 9.17) is 9.47 Å². The third-order valence-electron chi connectivity index (χ3n) is 3.49. The number of hydrogen-bond donors (Lipinski definition) is 0. The third kappa shape index (κ3) is 2.25. The Balaban J connectivity index is 1.92. The number of rotatable bonds is 2. The lowest BCUT2D eigenvalue weighted by molar-refractivity contribution is -0.129. The molecule has 4 nitrogen and oxygen atoms in total. The van der Waals surface area contributed by atoms with Crippen molar-refractivity contribution in [2.45, 2.75) is 25.4 Å². The van der Waals surface area contributed by atoms with Gasteiger partial charge >= 0.3 is 5.97 Å². The first kappa shape index (κ1) is 12.7. The number of esters is 1. The number of hydrogen-bond acceptors (Lipinski definition) is 4. The standard InChI is InChI=1S/C16H14O4/c1-2-16(18)19-11-7-6-10-8-12-13(17)4-3-5-14(12)20-15(10)9-11/h2,6-9,14H,1,3-5H2. The Kier molecular flexibility index (Phi) is 3.14. The van der Waals surface area contributed by atoms with Crippen LogP contribution in [0.25, 0.3) is 6.08 Å². The topological polar surface area (TPSA) is 52.6 Å². The fourth-order valence-corrected chi connectivity index (χ4v) is 2.50. The average Bonchev–Trinajstić information content (AvgIpc) is 2.46. The fourth-order valence-electron chi connectivity index (χ4n) is 2.50. The molecule has 0 amide bonds. The van der Waals surface area contributed by atoms with Crippen LogP contribution in [-0.4, -0.2) is 17.9 Å². The van der Waals surface area contributed by atoms with Gasteiger partial charge in [-0.2, -0.15) is 0 Å². The summed E-state index contributed by atoms with van der Waals surface area (Å²) in [6, 6.07) is 5.13. The van der Waals surface area contributed by atoms with Crippen molar-refractivity contribution in [2.75, 3.05) is 0 Å². The van der Waals surface area contributed by atoms with Crippen molar-refractivity contribution in [2.24, 2.45) is 0 Å². The number of carbonyl (C=O) groups is 2. The number of ketones is 1. The van der Waals surface area contributed by atoms with Gasteiger partial charge in [-0.05, 0) is 31.1 Å². The van der Waals surface area contributed by atoms with Crippen molar-refractivity contribution in [3.05, 3.63) is 42.0 Å². The van der Waals surface area contributed by atoms with Crippen LogP contribution in [0, 0.1) is 0 Å². The highest BCUT2D eigenvalue weighted by Gasteiger charge is 2.30. The second kappa shape index (κ2) is 4.96. The smallest absolute Gasteiger partial charge is 0.335 e. The van der Waals surface area contributed by atoms with Crippen molar-refractivity contribution >= 4 is 17.8 Å². The Hall–Kier alpha value is -2.36. The highest BCUT2D eigenvalue weighted by atomic mass is 16.5. The molecular weight excluding hydrogens is 256 g/mol. The summed E-state index contributed by atoms with van der Waals surface area (Å²) < 4.78 is 10.9. The van der Waals surface area contributed by atoms with E-state index in [0.717, 1.165) is 30.1 Å². The molecule has 20 heavy (non-hydrogen) atoms. The van der Waals surface area contributed by atoms with Crippen LogP contribution in [-0.2, 0) is 9.59 Å². The predicted molar refractivity (Wildman–Crippen MR) is 73.5 cm³/mol. The van der Waals surface area contributed by atoms with Crippen LogP contribution in [0.15, 0.2) is 36.4 Å². The van der Waals surface area contributed by atoms with Gasteiger partial charge in [0.1, 0.15) is 17.6 Å². The van der Waals surface area contributed by atoms with E-state index in [1.54, 1.807) is 18.2 Å². The molecule has 0 aromatic heterocycles. The molecule has 4 heteroatoms. The summed E-state index contributed by atoms with van der Waals surface area (Å²) in [4.78, 5) is 23.0. The van der Waals surface area contributed by atoms with E-state index in [-0.39, 0.29) is 11.9 Å². The van der Waals surface area contributed by atoms with Crippen LogP contribution < -0.4 is 9.47 Å². The molecule has 3 rings (SSSR count). The first-order chi connectivity index (χ1) is 9.67. The molecule has 1 saturated carbocycles. The summed E-state index contributed by atoms with van der Waals surface area (Å²) in [5.74, 6) is 0.703. The van der Waals surface area contributed by atoms with E-state index in [9.17, 15) is 9.59 Å². The molecule has 1 unspecified atom stereocenters. The molecule has 0 bridgehead atoms. The summed E-state index contributed by atoms with van der Waals surface area (Å²) in [6.07, 6.45) is 5.10. The van der Waals surface area contributed by atoms with Crippen molar-refractivity contribution in [1.29, 1.82) is 0 Å². The van der Waals surface area contributed by atoms with Crippen LogP contribution in [0.5, 0.6) is 11.5 Å². The first-order valence-corrected chi connectivity index (χ1v) is 6.57. The van der Waals surface area contributed by atoms with Crippen LogP contribution in [0.1, 0.15) is 24.8 Å². The third-order valence-corrected chi connectivity index (χ3v) is 3.49. The largest absolute Gasteiger partial charge is 0.485 e. The molecule has 1 heterocycles. The zero-order valence-corrected chi connectivity index (χ0v) is 10.9. The Morgan fingerprint density at radius 3 is 3.10 bits per heavy atom. The molecule has 1 aliphatic carbocycles. The van der Waals surface area contributed by atoms with E-state index in [1.165, 1.54) is 0 Å². The quantitative estimate of drug-likeness (QED) is 0.471. The normalized spacial score (nSPS) is 20.1. The summed E-state index contributed by atoms with van der Waals surface area (Å²) in [5.41, 5.74) is 1.59. The van der Waals surface area contributed by atoms with Gasteiger partial charge < -0.3 is 9.47 Å². The molecule has 1 aromatic carbocycles. The number of Topliss-reactive ketones (excluding diaryl/α,β-unsaturated/α-hetero) is 1. The van der Waals surface area contributed by atoms with Gasteiger partial charge in [0, 0.05) is 29.7 Å². The molecule has 1 aromatic rings. The van der Waals surface area contributed by atoms with E-state index < -0.39 is 5.97 Å². The molecule has 0 saturated heterocycles. The maximum absolute atomic E-state index is 11.9. The Morgan fingerprint density at radius 2 is 2.30 bits per heavy atom. The zero-order valence-electron chi connectivity index (χ0n) is 10.9. The maximum Gasteiger partial charge on any atom is 0.335 e. The van der Waals surface area contributed by atoms with E-state index in [0.29, 0.717) is 17.9 Å². The fraction of sp³-hybridized carbons (Fsp3) is 0.250. The van der Waals surface area contributed by atoms with Crippen molar-refractivity contribution < 1.29 is 19.1 Å². The number of ether oxygens (including phenoxy) is 2. The van der Waals surface area contributed by atoms with Crippen LogP contribution >= 0.6 is 0 Å². The molecule has 0 N–H and O–H groups in total. The minimum absolute atomic E-state index is 0.161. The molecule has 0 radical (unpaired) electrons. The van der Waals surface area contributed by atoms with Gasteiger partial charge in [0.15, 0.2) is 5.78 Å². The molecule has 1 aliphatic heterocycles. The minimum atomic E-state index is -0.509. The second-order valence-electron chi connectivity index (χ2n) is 4.85. The summed E-state index contributed by atoms with van der Waals surface area (Å²) in [7, 11) is 0. The summed E-state index contributed by atoms with van der Waals surface area (Å²) >= 11 is 0. The lowest BCUT2D eigenvalue weighted by Crippen LogP contribution is -2.31. The summed E-state index contributed by atoms with van der Waals surface area (Å²) in [5, 5.41) is 0. The van der Waals surface area contributed by atoms with Crippen LogP contribution in [0.3, 0.4) is 0 Å². The highest BCUT2D eigenvalue weighted by Crippen LogP contribution is 2.37. The zero-order chi connectivity index (χ0) is 14.1. The van der Waals surface area contributed by atoms with Gasteiger partial charge in [-0.15, -0.1) is 0 Å². The minimum Gasteiger partial charge on any atom is -0.485 e. The van der Waals surface area contributed by atoms with E-state index in [2.05, 4.69) is 6.58 Å². The Bertz CT molecular complexity index is 627. The molecule has 1 fully saturated rings. The number of carbonyl (C=O) groups excluding carboxylic acids is 2. The lowest BCUT2D eigenvalue weighted by atomic mass is 9.87. The molecule has 102 valence electrons. The predicted octanol–water partition coefficient (Wildman–Crippen LogP) is 2.68. The van der Waals surface area contributed by atoms with E-state index >= 15 is 0 Å². The van der Waals surface area contributed by atoms with Crippen molar-refractivity contribution in [1.82, 2.24) is 0 Å². The van der Waals surface area contributed by atoms with Gasteiger partial charge in [0.05, 0.1) is 0 Å². The molecule has 2 aliphatic rings. The maximum atomic E-state index is 11.9. The Morgan fingerprint density at radius 1 is 1.45 bits per heavy atom. The van der Waals surface area contributed by atoms with Gasteiger partial charge in [0.2, 0.25) is 0 Å². The van der Waals surface area contributed by atoms with Gasteiger partial charge in [-0.1, -0.05) is 6.58 Å². The first-order valence-electron chi connectivity index (χ1n) is 6.57. The van der Waals surface area contributed by atoms with E-state index in [1.807, 2.05) is 6.08 Å². The monoisotopic (exact) mass is 270 g/mol. The number of benzene rings is 1. The highest BCUT2D eigenvalue weighted by molar-refractivity contribution is 6.02. The van der Waals surface area contributed by atoms with Crippen molar-refractivity contribution in [3.63, 3.8) is 0 Å². The molecular formula is C16H14O4. The SMILES string of the molecule is C=CC(=O)Oc1ccc2c(c1)OC1CCCC(=O)C1=C2. The van der Waals surface area contributed by atoms with Gasteiger partial charge in [-0.25, -0.2) is 4.79 Å². The summed E-state index contributed by atoms with van der Waals surface area (Å²) in [6.45, 7) is 3.35. The Labute approximate surface area is 116 Å². The van der Waals surface area contributed by atoms with Gasteiger partial charge in [-0.3, -0.25) is 4.79 Å². The number of fused-ring (bicyclic) bond motifs is 2.